The molecule has 2 amide bonds. The van der Waals surface area contributed by atoms with Gasteiger partial charge in [0.2, 0.25) is 0 Å². The molecule has 1 saturated carbocycles. The Morgan fingerprint density at radius 3 is 2.53 bits per heavy atom. The van der Waals surface area contributed by atoms with Crippen molar-refractivity contribution in [1.82, 2.24) is 5.32 Å². The summed E-state index contributed by atoms with van der Waals surface area (Å²) in [6, 6.07) is 4.63. The van der Waals surface area contributed by atoms with Crippen molar-refractivity contribution in [3.63, 3.8) is 0 Å². The third-order valence-corrected chi connectivity index (χ3v) is 2.17. The molecule has 1 aromatic carbocycles. The molecule has 0 aliphatic heterocycles. The molecule has 0 heterocycles. The van der Waals surface area contributed by atoms with Crippen molar-refractivity contribution in [2.45, 2.75) is 18.9 Å². The topological polar surface area (TPSA) is 52.6 Å². The predicted octanol–water partition coefficient (Wildman–Crippen LogP) is 1.89. The van der Waals surface area contributed by atoms with E-state index in [2.05, 4.69) is 5.32 Å². The average Bonchev–Trinajstić information content (AvgIpc) is 3.02. The van der Waals surface area contributed by atoms with Crippen molar-refractivity contribution in [1.29, 1.82) is 0 Å². The minimum absolute atomic E-state index is 0.174. The second-order valence-electron chi connectivity index (χ2n) is 3.51. The van der Waals surface area contributed by atoms with Crippen LogP contribution in [0, 0.1) is 5.82 Å². The summed E-state index contributed by atoms with van der Waals surface area (Å²) in [4.78, 5) is 11.3. The van der Waals surface area contributed by atoms with Gasteiger partial charge in [-0.15, -0.1) is 0 Å². The molecule has 4 nitrogen and oxygen atoms in total. The molecule has 2 N–H and O–H groups in total. The minimum atomic E-state index is -0.580. The molecular formula is C10H11FN2O2. The first kappa shape index (κ1) is 9.92. The first-order valence-electron chi connectivity index (χ1n) is 4.72. The van der Waals surface area contributed by atoms with Gasteiger partial charge in [-0.1, -0.05) is 0 Å². The Bertz CT molecular complexity index is 362. The number of anilines is 1. The van der Waals surface area contributed by atoms with Gasteiger partial charge >= 0.3 is 6.03 Å². The number of amides is 2. The van der Waals surface area contributed by atoms with Crippen LogP contribution in [0.4, 0.5) is 14.9 Å². The first-order valence-corrected chi connectivity index (χ1v) is 4.72. The van der Waals surface area contributed by atoms with Gasteiger partial charge in [-0.25, -0.2) is 9.18 Å². The Kier molecular flexibility index (Phi) is 2.55. The summed E-state index contributed by atoms with van der Waals surface area (Å²) < 4.78 is 12.6. The molecule has 0 bridgehead atoms. The van der Waals surface area contributed by atoms with Crippen LogP contribution >= 0.6 is 0 Å². The van der Waals surface area contributed by atoms with Crippen LogP contribution in [0.25, 0.3) is 0 Å². The number of hydrogen-bond donors (Lipinski definition) is 2. The number of urea groups is 1. The summed E-state index contributed by atoms with van der Waals surface area (Å²) >= 11 is 0. The van der Waals surface area contributed by atoms with E-state index in [1.54, 1.807) is 0 Å². The molecule has 0 spiro atoms. The fourth-order valence-electron chi connectivity index (χ4n) is 1.16. The molecule has 1 fully saturated rings. The van der Waals surface area contributed by atoms with Gasteiger partial charge in [0.15, 0.2) is 0 Å². The first-order chi connectivity index (χ1) is 7.16. The molecule has 0 atom stereocenters. The molecule has 0 unspecified atom stereocenters. The number of hydrogen-bond acceptors (Lipinski definition) is 2. The van der Waals surface area contributed by atoms with Crippen LogP contribution in [0.1, 0.15) is 12.8 Å². The fraction of sp³-hybridized carbons (Fsp3) is 0.300. The van der Waals surface area contributed by atoms with Gasteiger partial charge < -0.3 is 5.32 Å². The number of nitrogens with one attached hydrogen (secondary N) is 1. The molecule has 5 heteroatoms. The summed E-state index contributed by atoms with van der Waals surface area (Å²) in [6.07, 6.45) is 1.89. The molecule has 0 radical (unpaired) electrons. The number of benzene rings is 1. The van der Waals surface area contributed by atoms with Crippen LogP contribution in [-0.4, -0.2) is 17.3 Å². The lowest BCUT2D eigenvalue weighted by Crippen LogP contribution is -2.38. The lowest BCUT2D eigenvalue weighted by atomic mass is 10.3. The highest BCUT2D eigenvalue weighted by molar-refractivity contribution is 5.89. The fourth-order valence-corrected chi connectivity index (χ4v) is 1.16. The van der Waals surface area contributed by atoms with Crippen molar-refractivity contribution < 1.29 is 14.4 Å². The van der Waals surface area contributed by atoms with E-state index in [0.717, 1.165) is 12.8 Å². The summed E-state index contributed by atoms with van der Waals surface area (Å²) in [5.74, 6) is -0.408. The zero-order valence-electron chi connectivity index (χ0n) is 7.98. The van der Waals surface area contributed by atoms with Crippen molar-refractivity contribution in [2.75, 3.05) is 5.06 Å². The van der Waals surface area contributed by atoms with E-state index in [0.29, 0.717) is 5.06 Å². The number of carbonyl (C=O) groups is 1. The van der Waals surface area contributed by atoms with Crippen LogP contribution in [-0.2, 0) is 0 Å². The summed E-state index contributed by atoms with van der Waals surface area (Å²) in [6.45, 7) is 0. The molecule has 0 aromatic heterocycles. The molecule has 15 heavy (non-hydrogen) atoms. The lowest BCUT2D eigenvalue weighted by molar-refractivity contribution is 0.204. The zero-order chi connectivity index (χ0) is 10.8. The van der Waals surface area contributed by atoms with E-state index < -0.39 is 11.8 Å². The molecule has 2 rings (SSSR count). The van der Waals surface area contributed by atoms with Crippen molar-refractivity contribution in [2.24, 2.45) is 0 Å². The quantitative estimate of drug-likeness (QED) is 0.578. The maximum atomic E-state index is 12.6. The van der Waals surface area contributed by atoms with E-state index in [9.17, 15) is 14.4 Å². The Hall–Kier alpha value is -1.62. The van der Waals surface area contributed by atoms with Crippen LogP contribution in [0.5, 0.6) is 0 Å². The Balaban J connectivity index is 2.02. The third-order valence-electron chi connectivity index (χ3n) is 2.17. The smallest absolute Gasteiger partial charge is 0.333 e. The largest absolute Gasteiger partial charge is 0.346 e. The van der Waals surface area contributed by atoms with Gasteiger partial charge in [0.1, 0.15) is 5.82 Å². The van der Waals surface area contributed by atoms with Gasteiger partial charge in [-0.3, -0.25) is 5.21 Å². The van der Waals surface area contributed by atoms with Gasteiger partial charge in [0.25, 0.3) is 0 Å². The second-order valence-corrected chi connectivity index (χ2v) is 3.51. The third kappa shape index (κ3) is 2.44. The maximum absolute atomic E-state index is 12.6. The average molecular weight is 210 g/mol. The van der Waals surface area contributed by atoms with Crippen molar-refractivity contribution in [3.05, 3.63) is 30.1 Å². The van der Waals surface area contributed by atoms with Gasteiger partial charge in [0.05, 0.1) is 5.69 Å². The van der Waals surface area contributed by atoms with E-state index in [1.807, 2.05) is 0 Å². The van der Waals surface area contributed by atoms with Crippen LogP contribution in [0.3, 0.4) is 0 Å². The van der Waals surface area contributed by atoms with Crippen LogP contribution in [0.2, 0.25) is 0 Å². The van der Waals surface area contributed by atoms with Crippen molar-refractivity contribution in [3.8, 4) is 0 Å². The summed E-state index contributed by atoms with van der Waals surface area (Å²) in [5.41, 5.74) is 0.245. The zero-order valence-corrected chi connectivity index (χ0v) is 7.98. The van der Waals surface area contributed by atoms with Gasteiger partial charge in [-0.2, -0.15) is 5.06 Å². The molecule has 1 aliphatic carbocycles. The van der Waals surface area contributed by atoms with E-state index in [4.69, 9.17) is 0 Å². The normalized spacial score (nSPS) is 14.8. The molecule has 80 valence electrons. The number of nitrogens with zero attached hydrogens (tertiary/aromatic N) is 1. The van der Waals surface area contributed by atoms with Crippen molar-refractivity contribution >= 4 is 11.7 Å². The predicted molar refractivity (Wildman–Crippen MR) is 52.2 cm³/mol. The Labute approximate surface area is 86.3 Å². The Morgan fingerprint density at radius 2 is 2.00 bits per heavy atom. The Morgan fingerprint density at radius 1 is 1.40 bits per heavy atom. The highest BCUT2D eigenvalue weighted by atomic mass is 19.1. The standard InChI is InChI=1S/C10H11FN2O2/c11-7-1-5-9(6-2-7)13(15)10(14)12-8-3-4-8/h1-2,5-6,8,15H,3-4H2,(H,12,14). The molecule has 1 aliphatic rings. The molecule has 1 aromatic rings. The SMILES string of the molecule is O=C(NC1CC1)N(O)c1ccc(F)cc1. The minimum Gasteiger partial charge on any atom is -0.333 e. The number of halogens is 1. The summed E-state index contributed by atoms with van der Waals surface area (Å²) in [7, 11) is 0. The maximum Gasteiger partial charge on any atom is 0.346 e. The van der Waals surface area contributed by atoms with Crippen LogP contribution < -0.4 is 10.4 Å². The van der Waals surface area contributed by atoms with Gasteiger partial charge in [-0.05, 0) is 37.1 Å². The van der Waals surface area contributed by atoms with Crippen LogP contribution in [0.15, 0.2) is 24.3 Å². The van der Waals surface area contributed by atoms with Gasteiger partial charge in [0, 0.05) is 6.04 Å². The van der Waals surface area contributed by atoms with E-state index in [-0.39, 0.29) is 11.7 Å². The monoisotopic (exact) mass is 210 g/mol. The second kappa shape index (κ2) is 3.86. The van der Waals surface area contributed by atoms with E-state index >= 15 is 0 Å². The number of carbonyl (C=O) groups excluding carboxylic acids is 1. The number of rotatable bonds is 2. The lowest BCUT2D eigenvalue weighted by Gasteiger charge is -2.15. The highest BCUT2D eigenvalue weighted by Crippen LogP contribution is 2.20. The molecular weight excluding hydrogens is 199 g/mol. The molecule has 0 saturated heterocycles. The summed E-state index contributed by atoms with van der Waals surface area (Å²) in [5, 5.41) is 12.5. The highest BCUT2D eigenvalue weighted by Gasteiger charge is 2.25. The number of hydroxylamine groups is 1. The van der Waals surface area contributed by atoms with E-state index in [1.165, 1.54) is 24.3 Å².